The molecule has 0 atom stereocenters. The molecular weight excluding hydrogens is 338 g/mol. The van der Waals surface area contributed by atoms with Crippen molar-refractivity contribution >= 4 is 32.3 Å². The molecule has 4 aromatic carbocycles. The molecule has 0 aliphatic rings. The normalized spacial score (nSPS) is 12.1. The number of pyridine rings is 1. The molecule has 0 bridgehead atoms. The molecule has 5 rings (SSSR count). The van der Waals surface area contributed by atoms with Crippen LogP contribution < -0.4 is 0 Å². The third-order valence-corrected chi connectivity index (χ3v) is 5.67. The van der Waals surface area contributed by atoms with Crippen molar-refractivity contribution < 1.29 is 0 Å². The zero-order chi connectivity index (χ0) is 19.3. The van der Waals surface area contributed by atoms with E-state index in [2.05, 4.69) is 105 Å². The van der Waals surface area contributed by atoms with Gasteiger partial charge >= 0.3 is 0 Å². The van der Waals surface area contributed by atoms with E-state index in [0.717, 1.165) is 5.69 Å². The lowest BCUT2D eigenvalue weighted by molar-refractivity contribution is 0.589. The smallest absolute Gasteiger partial charge is 0.0705 e. The Labute approximate surface area is 165 Å². The third-order valence-electron chi connectivity index (χ3n) is 5.67. The van der Waals surface area contributed by atoms with Crippen molar-refractivity contribution in [1.82, 2.24) is 4.98 Å². The van der Waals surface area contributed by atoms with Crippen LogP contribution in [0.1, 0.15) is 26.3 Å². The predicted molar refractivity (Wildman–Crippen MR) is 121 cm³/mol. The lowest BCUT2D eigenvalue weighted by Gasteiger charge is -2.19. The summed E-state index contributed by atoms with van der Waals surface area (Å²) in [6, 6.07) is 28.5. The fourth-order valence-electron chi connectivity index (χ4n) is 4.12. The van der Waals surface area contributed by atoms with Gasteiger partial charge in [-0.2, -0.15) is 0 Å². The van der Waals surface area contributed by atoms with E-state index >= 15 is 0 Å². The first-order chi connectivity index (χ1) is 13.5. The first kappa shape index (κ1) is 16.9. The number of fused-ring (bicyclic) bond motifs is 6. The molecule has 136 valence electrons. The van der Waals surface area contributed by atoms with Gasteiger partial charge in [0.05, 0.1) is 5.69 Å². The summed E-state index contributed by atoms with van der Waals surface area (Å²) in [5.41, 5.74) is 3.61. The minimum Gasteiger partial charge on any atom is -0.256 e. The van der Waals surface area contributed by atoms with Gasteiger partial charge in [0.1, 0.15) is 0 Å². The van der Waals surface area contributed by atoms with E-state index in [-0.39, 0.29) is 5.41 Å². The Bertz CT molecular complexity index is 1300. The minimum absolute atomic E-state index is 0.109. The van der Waals surface area contributed by atoms with Gasteiger partial charge in [0.2, 0.25) is 0 Å². The van der Waals surface area contributed by atoms with Gasteiger partial charge < -0.3 is 0 Å². The average Bonchev–Trinajstić information content (AvgIpc) is 2.73. The number of hydrogen-bond donors (Lipinski definition) is 0. The quantitative estimate of drug-likeness (QED) is 0.282. The summed E-state index contributed by atoms with van der Waals surface area (Å²) < 4.78 is 0. The van der Waals surface area contributed by atoms with E-state index < -0.39 is 0 Å². The van der Waals surface area contributed by atoms with E-state index in [0.29, 0.717) is 0 Å². The topological polar surface area (TPSA) is 12.9 Å². The van der Waals surface area contributed by atoms with Crippen molar-refractivity contribution in [3.05, 3.63) is 90.6 Å². The van der Waals surface area contributed by atoms with Crippen LogP contribution in [-0.2, 0) is 5.41 Å². The molecule has 0 N–H and O–H groups in total. The van der Waals surface area contributed by atoms with Crippen molar-refractivity contribution in [2.75, 3.05) is 0 Å². The number of rotatable bonds is 1. The molecule has 0 unspecified atom stereocenters. The molecule has 0 spiro atoms. The van der Waals surface area contributed by atoms with Crippen molar-refractivity contribution in [3.8, 4) is 11.3 Å². The molecule has 5 aromatic rings. The first-order valence-electron chi connectivity index (χ1n) is 9.82. The van der Waals surface area contributed by atoms with Crippen LogP contribution in [0.2, 0.25) is 0 Å². The van der Waals surface area contributed by atoms with Crippen LogP contribution in [0, 0.1) is 0 Å². The molecule has 0 aliphatic heterocycles. The number of hydrogen-bond acceptors (Lipinski definition) is 1. The summed E-state index contributed by atoms with van der Waals surface area (Å²) in [5.74, 6) is 0. The molecule has 0 aliphatic carbocycles. The largest absolute Gasteiger partial charge is 0.256 e. The fraction of sp³-hybridized carbons (Fsp3) is 0.148. The maximum absolute atomic E-state index is 4.67. The van der Waals surface area contributed by atoms with E-state index in [9.17, 15) is 0 Å². The SMILES string of the molecule is CC(C)(C)c1ccnc(-c2ccc3c4ccccc4c4ccccc4c3c2)c1. The molecule has 28 heavy (non-hydrogen) atoms. The molecule has 0 amide bonds. The zero-order valence-corrected chi connectivity index (χ0v) is 16.5. The van der Waals surface area contributed by atoms with Crippen molar-refractivity contribution in [3.63, 3.8) is 0 Å². The first-order valence-corrected chi connectivity index (χ1v) is 9.82. The zero-order valence-electron chi connectivity index (χ0n) is 16.5. The lowest BCUT2D eigenvalue weighted by atomic mass is 9.86. The second-order valence-electron chi connectivity index (χ2n) is 8.53. The summed E-state index contributed by atoms with van der Waals surface area (Å²) in [4.78, 5) is 4.67. The second-order valence-corrected chi connectivity index (χ2v) is 8.53. The van der Waals surface area contributed by atoms with Crippen LogP contribution in [0.25, 0.3) is 43.6 Å². The van der Waals surface area contributed by atoms with Crippen LogP contribution in [0.15, 0.2) is 85.1 Å². The van der Waals surface area contributed by atoms with Crippen LogP contribution in [0.4, 0.5) is 0 Å². The summed E-state index contributed by atoms with van der Waals surface area (Å²) in [7, 11) is 0. The van der Waals surface area contributed by atoms with Crippen molar-refractivity contribution in [2.24, 2.45) is 0 Å². The highest BCUT2D eigenvalue weighted by Crippen LogP contribution is 2.37. The summed E-state index contributed by atoms with van der Waals surface area (Å²) in [6.45, 7) is 6.73. The molecule has 1 aromatic heterocycles. The Morgan fingerprint density at radius 3 is 1.68 bits per heavy atom. The fourth-order valence-corrected chi connectivity index (χ4v) is 4.12. The summed E-state index contributed by atoms with van der Waals surface area (Å²) in [5, 5.41) is 7.80. The molecule has 0 saturated carbocycles. The van der Waals surface area contributed by atoms with E-state index in [1.54, 1.807) is 0 Å². The standard InChI is InChI=1S/C27H23N/c1-27(2,3)19-14-15-28-26(17-19)18-12-13-24-22-10-5-4-8-20(22)21-9-6-7-11-23(21)25(24)16-18/h4-17H,1-3H3. The third kappa shape index (κ3) is 2.66. The number of aromatic nitrogens is 1. The Morgan fingerprint density at radius 1 is 0.571 bits per heavy atom. The van der Waals surface area contributed by atoms with E-state index in [4.69, 9.17) is 0 Å². The van der Waals surface area contributed by atoms with Gasteiger partial charge in [-0.3, -0.25) is 4.98 Å². The van der Waals surface area contributed by atoms with Gasteiger partial charge in [-0.05, 0) is 61.5 Å². The Hall–Kier alpha value is -3.19. The molecule has 1 heteroatoms. The molecule has 0 fully saturated rings. The van der Waals surface area contributed by atoms with Gasteiger partial charge in [-0.15, -0.1) is 0 Å². The monoisotopic (exact) mass is 361 g/mol. The summed E-state index contributed by atoms with van der Waals surface area (Å²) >= 11 is 0. The van der Waals surface area contributed by atoms with Gasteiger partial charge in [-0.25, -0.2) is 0 Å². The molecular formula is C27H23N. The number of benzene rings is 4. The van der Waals surface area contributed by atoms with Crippen LogP contribution in [-0.4, -0.2) is 4.98 Å². The maximum atomic E-state index is 4.67. The van der Waals surface area contributed by atoms with Gasteiger partial charge in [0.15, 0.2) is 0 Å². The van der Waals surface area contributed by atoms with Gasteiger partial charge in [0.25, 0.3) is 0 Å². The van der Waals surface area contributed by atoms with Crippen molar-refractivity contribution in [2.45, 2.75) is 26.2 Å². The van der Waals surface area contributed by atoms with Crippen LogP contribution >= 0.6 is 0 Å². The number of nitrogens with zero attached hydrogens (tertiary/aromatic N) is 1. The highest BCUT2D eigenvalue weighted by molar-refractivity contribution is 6.25. The highest BCUT2D eigenvalue weighted by atomic mass is 14.7. The van der Waals surface area contributed by atoms with Crippen molar-refractivity contribution in [1.29, 1.82) is 0 Å². The molecule has 1 nitrogen and oxygen atoms in total. The van der Waals surface area contributed by atoms with Gasteiger partial charge in [-0.1, -0.05) is 81.4 Å². The molecule has 0 saturated heterocycles. The second kappa shape index (κ2) is 6.17. The Kier molecular flexibility index (Phi) is 3.73. The van der Waals surface area contributed by atoms with E-state index in [1.807, 2.05) is 6.20 Å². The average molecular weight is 361 g/mol. The maximum Gasteiger partial charge on any atom is 0.0705 e. The highest BCUT2D eigenvalue weighted by Gasteiger charge is 2.15. The molecule has 1 heterocycles. The predicted octanol–water partition coefficient (Wildman–Crippen LogP) is 7.51. The summed E-state index contributed by atoms with van der Waals surface area (Å²) in [6.07, 6.45) is 1.93. The van der Waals surface area contributed by atoms with Crippen LogP contribution in [0.5, 0.6) is 0 Å². The molecule has 0 radical (unpaired) electrons. The lowest BCUT2D eigenvalue weighted by Crippen LogP contribution is -2.11. The minimum atomic E-state index is 0.109. The van der Waals surface area contributed by atoms with E-state index in [1.165, 1.54) is 43.4 Å². The Morgan fingerprint density at radius 2 is 1.11 bits per heavy atom. The van der Waals surface area contributed by atoms with Crippen LogP contribution in [0.3, 0.4) is 0 Å². The Balaban J connectivity index is 1.83. The van der Waals surface area contributed by atoms with Gasteiger partial charge in [0, 0.05) is 11.8 Å².